The van der Waals surface area contributed by atoms with Crippen LogP contribution in [0.2, 0.25) is 0 Å². The number of anilines is 1. The summed E-state index contributed by atoms with van der Waals surface area (Å²) in [5.74, 6) is -0.318. The van der Waals surface area contributed by atoms with E-state index >= 15 is 0 Å². The molecule has 1 N–H and O–H groups in total. The van der Waals surface area contributed by atoms with Gasteiger partial charge in [-0.15, -0.1) is 23.7 Å². The van der Waals surface area contributed by atoms with Gasteiger partial charge in [-0.05, 0) is 36.6 Å². The monoisotopic (exact) mass is 451 g/mol. The number of fused-ring (bicyclic) bond motifs is 1. The van der Waals surface area contributed by atoms with E-state index in [0.29, 0.717) is 21.7 Å². The van der Waals surface area contributed by atoms with Gasteiger partial charge in [-0.1, -0.05) is 42.5 Å². The van der Waals surface area contributed by atoms with Crippen molar-refractivity contribution in [2.24, 2.45) is 0 Å². The number of rotatable bonds is 5. The van der Waals surface area contributed by atoms with Crippen LogP contribution in [-0.4, -0.2) is 23.1 Å². The number of Topliss-reactive ketones (excluding diaryl/α,β-unsaturated/α-hetero) is 1. The number of thiophene rings is 1. The van der Waals surface area contributed by atoms with Crippen molar-refractivity contribution >= 4 is 40.4 Å². The minimum atomic E-state index is -0.277. The van der Waals surface area contributed by atoms with Crippen LogP contribution in [0.1, 0.15) is 49.2 Å². The summed E-state index contributed by atoms with van der Waals surface area (Å²) in [6.45, 7) is 4.01. The predicted octanol–water partition coefficient (Wildman–Crippen LogP) is 5.05. The van der Waals surface area contributed by atoms with E-state index in [4.69, 9.17) is 0 Å². The number of nitrogens with zero attached hydrogens (tertiary/aromatic N) is 2. The average molecular weight is 452 g/mol. The molecule has 158 valence electrons. The van der Waals surface area contributed by atoms with Crippen LogP contribution < -0.4 is 5.32 Å². The third kappa shape index (κ3) is 5.02. The first-order valence-corrected chi connectivity index (χ1v) is 10.6. The summed E-state index contributed by atoms with van der Waals surface area (Å²) >= 11 is 1.48. The van der Waals surface area contributed by atoms with Crippen molar-refractivity contribution in [3.63, 3.8) is 0 Å². The Bertz CT molecular complexity index is 1130. The number of halogens is 1. The van der Waals surface area contributed by atoms with Gasteiger partial charge in [0.2, 0.25) is 0 Å². The summed E-state index contributed by atoms with van der Waals surface area (Å²) in [7, 11) is 0. The number of ketones is 1. The Morgan fingerprint density at radius 1 is 1.10 bits per heavy atom. The van der Waals surface area contributed by atoms with E-state index in [1.54, 1.807) is 24.3 Å². The first-order chi connectivity index (χ1) is 14.5. The average Bonchev–Trinajstić information content (AvgIpc) is 3.10. The van der Waals surface area contributed by atoms with Crippen LogP contribution in [0.4, 0.5) is 5.00 Å². The molecule has 1 aliphatic rings. The van der Waals surface area contributed by atoms with Gasteiger partial charge < -0.3 is 5.32 Å². The molecule has 1 aliphatic heterocycles. The lowest BCUT2D eigenvalue weighted by Gasteiger charge is -2.26. The van der Waals surface area contributed by atoms with E-state index in [-0.39, 0.29) is 24.1 Å². The van der Waals surface area contributed by atoms with E-state index in [2.05, 4.69) is 28.4 Å². The summed E-state index contributed by atoms with van der Waals surface area (Å²) in [4.78, 5) is 27.6. The lowest BCUT2D eigenvalue weighted by atomic mass is 10.0. The van der Waals surface area contributed by atoms with Gasteiger partial charge in [-0.2, -0.15) is 5.26 Å². The van der Waals surface area contributed by atoms with E-state index < -0.39 is 0 Å². The van der Waals surface area contributed by atoms with Crippen LogP contribution in [0.3, 0.4) is 0 Å². The van der Waals surface area contributed by atoms with Gasteiger partial charge in [0.05, 0.1) is 5.56 Å². The molecule has 1 amide bonds. The molecule has 0 spiro atoms. The fourth-order valence-electron chi connectivity index (χ4n) is 3.67. The highest BCUT2D eigenvalue weighted by Crippen LogP contribution is 2.37. The molecule has 5 nitrogen and oxygen atoms in total. The molecule has 0 saturated carbocycles. The number of nitriles is 1. The molecule has 0 saturated heterocycles. The van der Waals surface area contributed by atoms with E-state index in [1.807, 2.05) is 18.2 Å². The molecular formula is C24H22ClN3O2S. The number of nitrogens with one attached hydrogen (secondary N) is 1. The Morgan fingerprint density at radius 3 is 2.42 bits per heavy atom. The van der Waals surface area contributed by atoms with Crippen molar-refractivity contribution in [3.05, 3.63) is 87.3 Å². The van der Waals surface area contributed by atoms with Gasteiger partial charge >= 0.3 is 0 Å². The van der Waals surface area contributed by atoms with Crippen molar-refractivity contribution in [1.29, 1.82) is 5.26 Å². The molecule has 2 heterocycles. The van der Waals surface area contributed by atoms with Crippen molar-refractivity contribution in [1.82, 2.24) is 4.90 Å². The third-order valence-electron chi connectivity index (χ3n) is 5.28. The summed E-state index contributed by atoms with van der Waals surface area (Å²) in [5, 5.41) is 13.2. The molecule has 0 atom stereocenters. The van der Waals surface area contributed by atoms with Crippen LogP contribution in [0.25, 0.3) is 0 Å². The van der Waals surface area contributed by atoms with Crippen molar-refractivity contribution in [2.45, 2.75) is 26.4 Å². The molecule has 3 aromatic rings. The lowest BCUT2D eigenvalue weighted by molar-refractivity contribution is 0.101. The Labute approximate surface area is 191 Å². The van der Waals surface area contributed by atoms with Gasteiger partial charge in [0.1, 0.15) is 11.1 Å². The van der Waals surface area contributed by atoms with Crippen LogP contribution in [-0.2, 0) is 19.5 Å². The minimum Gasteiger partial charge on any atom is -0.312 e. The topological polar surface area (TPSA) is 73.2 Å². The maximum Gasteiger partial charge on any atom is 0.256 e. The van der Waals surface area contributed by atoms with Crippen molar-refractivity contribution < 1.29 is 9.59 Å². The van der Waals surface area contributed by atoms with Crippen molar-refractivity contribution in [3.8, 4) is 6.07 Å². The predicted molar refractivity (Wildman–Crippen MR) is 125 cm³/mol. The van der Waals surface area contributed by atoms with Gasteiger partial charge in [-0.3, -0.25) is 14.5 Å². The number of carbonyl (C=O) groups excluding carboxylic acids is 2. The first kappa shape index (κ1) is 22.7. The highest BCUT2D eigenvalue weighted by Gasteiger charge is 2.25. The van der Waals surface area contributed by atoms with Crippen LogP contribution >= 0.6 is 23.7 Å². The molecular weight excluding hydrogens is 430 g/mol. The van der Waals surface area contributed by atoms with Gasteiger partial charge in [0, 0.05) is 35.6 Å². The molecule has 0 radical (unpaired) electrons. The molecule has 0 aliphatic carbocycles. The fourth-order valence-corrected chi connectivity index (χ4v) is 4.91. The van der Waals surface area contributed by atoms with Crippen molar-refractivity contribution in [2.75, 3.05) is 11.9 Å². The molecule has 7 heteroatoms. The largest absolute Gasteiger partial charge is 0.312 e. The Morgan fingerprint density at radius 2 is 1.77 bits per heavy atom. The fraction of sp³-hybridized carbons (Fsp3) is 0.208. The minimum absolute atomic E-state index is 0. The zero-order valence-corrected chi connectivity index (χ0v) is 18.7. The van der Waals surface area contributed by atoms with E-state index in [9.17, 15) is 14.9 Å². The number of hydrogen-bond acceptors (Lipinski definition) is 5. The smallest absolute Gasteiger partial charge is 0.256 e. The van der Waals surface area contributed by atoms with E-state index in [0.717, 1.165) is 36.5 Å². The molecule has 1 aromatic heterocycles. The van der Waals surface area contributed by atoms with Gasteiger partial charge in [0.25, 0.3) is 5.91 Å². The number of hydrogen-bond donors (Lipinski definition) is 1. The zero-order valence-electron chi connectivity index (χ0n) is 17.1. The number of carbonyl (C=O) groups is 2. The molecule has 0 fully saturated rings. The highest BCUT2D eigenvalue weighted by atomic mass is 35.5. The number of benzene rings is 2. The second kappa shape index (κ2) is 9.88. The van der Waals surface area contributed by atoms with Gasteiger partial charge in [-0.25, -0.2) is 0 Å². The Kier molecular flexibility index (Phi) is 7.24. The normalized spacial score (nSPS) is 12.9. The standard InChI is InChI=1S/C24H21N3O2S.ClH/c1-16(28)18-7-9-19(10-8-18)23(29)26-24-21(13-25)20-11-12-27(15-22(20)30-24)14-17-5-3-2-4-6-17;/h2-10H,11-12,14-15H2,1H3,(H,26,29);1H. The molecule has 2 aromatic carbocycles. The second-order valence-corrected chi connectivity index (χ2v) is 8.46. The Hall–Kier alpha value is -2.98. The summed E-state index contributed by atoms with van der Waals surface area (Å²) in [5.41, 5.74) is 3.91. The zero-order chi connectivity index (χ0) is 21.1. The first-order valence-electron chi connectivity index (χ1n) is 9.78. The van der Waals surface area contributed by atoms with Crippen LogP contribution in [0, 0.1) is 11.3 Å². The maximum atomic E-state index is 12.7. The molecule has 0 bridgehead atoms. The van der Waals surface area contributed by atoms with E-state index in [1.165, 1.54) is 23.8 Å². The molecule has 4 rings (SSSR count). The quantitative estimate of drug-likeness (QED) is 0.550. The maximum absolute atomic E-state index is 12.7. The summed E-state index contributed by atoms with van der Waals surface area (Å²) in [6.07, 6.45) is 0.796. The second-order valence-electron chi connectivity index (χ2n) is 7.35. The Balaban J connectivity index is 0.00000272. The van der Waals surface area contributed by atoms with Gasteiger partial charge in [0.15, 0.2) is 5.78 Å². The number of amides is 1. The summed E-state index contributed by atoms with van der Waals surface area (Å²) < 4.78 is 0. The van der Waals surface area contributed by atoms with Crippen LogP contribution in [0.5, 0.6) is 0 Å². The third-order valence-corrected chi connectivity index (χ3v) is 6.41. The highest BCUT2D eigenvalue weighted by molar-refractivity contribution is 7.16. The van der Waals surface area contributed by atoms with Crippen LogP contribution in [0.15, 0.2) is 54.6 Å². The summed E-state index contributed by atoms with van der Waals surface area (Å²) in [6, 6.07) is 19.2. The SMILES string of the molecule is CC(=O)c1ccc(C(=O)Nc2sc3c(c2C#N)CCN(Cc2ccccc2)C3)cc1.Cl. The molecule has 0 unspecified atom stereocenters. The molecule has 31 heavy (non-hydrogen) atoms. The lowest BCUT2D eigenvalue weighted by Crippen LogP contribution is -2.29.